The van der Waals surface area contributed by atoms with E-state index in [0.29, 0.717) is 24.3 Å². The Kier molecular flexibility index (Phi) is 20.7. The Labute approximate surface area is 313 Å². The molecule has 51 heavy (non-hydrogen) atoms. The molecule has 0 aromatic heterocycles. The predicted molar refractivity (Wildman–Crippen MR) is 193 cm³/mol. The van der Waals surface area contributed by atoms with Gasteiger partial charge in [0.2, 0.25) is 15.8 Å². The Morgan fingerprint density at radius 3 is 1.57 bits per heavy atom. The van der Waals surface area contributed by atoms with E-state index >= 15 is 0 Å². The molecule has 0 unspecified atom stereocenters. The summed E-state index contributed by atoms with van der Waals surface area (Å²) in [5, 5.41) is 102. The van der Waals surface area contributed by atoms with Crippen LogP contribution in [0.15, 0.2) is 0 Å². The van der Waals surface area contributed by atoms with Gasteiger partial charge in [-0.1, -0.05) is 34.4 Å². The van der Waals surface area contributed by atoms with Gasteiger partial charge in [-0.3, -0.25) is 4.79 Å². The number of aliphatic hydroxyl groups is 8. The van der Waals surface area contributed by atoms with Gasteiger partial charge < -0.3 is 71.6 Å². The van der Waals surface area contributed by atoms with Crippen LogP contribution in [-0.2, 0) is 23.9 Å². The van der Waals surface area contributed by atoms with E-state index in [0.717, 1.165) is 60.7 Å². The number of nitrogens with two attached hydrogens (primary N) is 1. The van der Waals surface area contributed by atoms with E-state index in [4.69, 9.17) is 20.3 Å². The van der Waals surface area contributed by atoms with E-state index in [1.54, 1.807) is 21.6 Å². The number of amides is 1. The highest BCUT2D eigenvalue weighted by molar-refractivity contribution is 8.76. The van der Waals surface area contributed by atoms with Gasteiger partial charge in [0.1, 0.15) is 36.6 Å². The second-order valence-electron chi connectivity index (χ2n) is 12.6. The number of carbonyl (C=O) groups excluding carboxylic acids is 1. The van der Waals surface area contributed by atoms with Crippen LogP contribution in [-0.4, -0.2) is 176 Å². The van der Waals surface area contributed by atoms with Gasteiger partial charge >= 0.3 is 11.9 Å². The van der Waals surface area contributed by atoms with E-state index in [-0.39, 0.29) is 12.8 Å². The van der Waals surface area contributed by atoms with Crippen LogP contribution >= 0.6 is 45.1 Å². The second kappa shape index (κ2) is 22.7. The van der Waals surface area contributed by atoms with Crippen LogP contribution in [0.2, 0.25) is 0 Å². The normalized spacial score (nSPS) is 32.1. The molecule has 2 aliphatic heterocycles. The summed E-state index contributed by atoms with van der Waals surface area (Å²) in [6.07, 6.45) is -8.30. The highest BCUT2D eigenvalue weighted by Gasteiger charge is 2.55. The van der Waals surface area contributed by atoms with Crippen LogP contribution in [0.4, 0.5) is 0 Å². The summed E-state index contributed by atoms with van der Waals surface area (Å²) in [6, 6.07) is -2.34. The number of aliphatic hydroxyl groups excluding tert-OH is 8. The molecule has 12 atom stereocenters. The monoisotopic (exact) mass is 810 g/mol. The summed E-state index contributed by atoms with van der Waals surface area (Å²) >= 11 is 1.95. The van der Waals surface area contributed by atoms with E-state index in [9.17, 15) is 60.3 Å². The first-order chi connectivity index (χ1) is 24.1. The number of ether oxygens (including phenoxy) is 2. The minimum Gasteiger partial charge on any atom is -0.478 e. The van der Waals surface area contributed by atoms with Gasteiger partial charge in [-0.05, 0) is 37.2 Å². The number of carboxylic acid groups (broad SMARTS) is 2. The topological polar surface area (TPSA) is 310 Å². The third kappa shape index (κ3) is 13.6. The number of unbranched alkanes of at least 4 members (excludes halogenated alkanes) is 4. The second-order valence-corrected chi connectivity index (χ2v) is 18.0. The molecule has 1 amide bonds. The quantitative estimate of drug-likeness (QED) is 0.0382. The molecule has 0 saturated carbocycles. The van der Waals surface area contributed by atoms with Crippen LogP contribution < -0.4 is 11.1 Å². The lowest BCUT2D eigenvalue weighted by Gasteiger charge is -2.46. The van der Waals surface area contributed by atoms with Crippen molar-refractivity contribution >= 4 is 63.0 Å². The summed E-state index contributed by atoms with van der Waals surface area (Å²) in [7, 11) is 3.40. The number of thioether (sulfide) groups is 2. The van der Waals surface area contributed by atoms with E-state index in [1.807, 2.05) is 0 Å². The molecule has 0 aliphatic carbocycles. The molecule has 2 saturated heterocycles. The van der Waals surface area contributed by atoms with Crippen molar-refractivity contribution in [3.63, 3.8) is 0 Å². The zero-order valence-corrected chi connectivity index (χ0v) is 31.7. The van der Waals surface area contributed by atoms with Crippen molar-refractivity contribution in [1.29, 1.82) is 0 Å². The summed E-state index contributed by atoms with van der Waals surface area (Å²) in [5.74, 6) is -0.750. The first kappa shape index (κ1) is 46.5. The van der Waals surface area contributed by atoms with Gasteiger partial charge in [0, 0.05) is 31.3 Å². The average Bonchev–Trinajstić information content (AvgIpc) is 3.09. The molecule has 17 nitrogen and oxygen atoms in total. The molecular formula is C30H54N2O15S4. The van der Waals surface area contributed by atoms with E-state index < -0.39 is 102 Å². The van der Waals surface area contributed by atoms with E-state index in [2.05, 4.69) is 5.32 Å². The van der Waals surface area contributed by atoms with Crippen LogP contribution in [0, 0.1) is 0 Å². The van der Waals surface area contributed by atoms with Crippen molar-refractivity contribution in [2.24, 2.45) is 5.73 Å². The number of hydrogen-bond acceptors (Lipinski definition) is 18. The van der Waals surface area contributed by atoms with Crippen molar-refractivity contribution in [3.8, 4) is 0 Å². The first-order valence-electron chi connectivity index (χ1n) is 16.7. The summed E-state index contributed by atoms with van der Waals surface area (Å²) in [6.45, 7) is -0.444. The van der Waals surface area contributed by atoms with Crippen molar-refractivity contribution in [1.82, 2.24) is 5.32 Å². The number of rotatable bonds is 24. The van der Waals surface area contributed by atoms with Gasteiger partial charge in [-0.25, -0.2) is 9.59 Å². The van der Waals surface area contributed by atoms with E-state index in [1.165, 1.54) is 6.92 Å². The van der Waals surface area contributed by atoms with Gasteiger partial charge in [0.15, 0.2) is 0 Å². The molecule has 13 N–H and O–H groups in total. The molecular weight excluding hydrogens is 757 g/mol. The predicted octanol–water partition coefficient (Wildman–Crippen LogP) is -1.70. The number of hydrogen-bond donors (Lipinski definition) is 12. The zero-order chi connectivity index (χ0) is 38.4. The third-order valence-electron chi connectivity index (χ3n) is 8.56. The third-order valence-corrected chi connectivity index (χ3v) is 13.9. The van der Waals surface area contributed by atoms with Gasteiger partial charge in [0.25, 0.3) is 0 Å². The lowest BCUT2D eigenvalue weighted by Crippen LogP contribution is -2.66. The lowest BCUT2D eigenvalue weighted by atomic mass is 9.90. The molecule has 0 radical (unpaired) electrons. The highest BCUT2D eigenvalue weighted by Crippen LogP contribution is 2.42. The van der Waals surface area contributed by atoms with Crippen molar-refractivity contribution < 1.29 is 74.9 Å². The maximum Gasteiger partial charge on any atom is 0.346 e. The van der Waals surface area contributed by atoms with Gasteiger partial charge in [-0.2, -0.15) is 0 Å². The van der Waals surface area contributed by atoms with Crippen LogP contribution in [0.3, 0.4) is 0 Å². The molecule has 0 bridgehead atoms. The first-order valence-corrected chi connectivity index (χ1v) is 21.2. The van der Waals surface area contributed by atoms with Crippen molar-refractivity contribution in [2.75, 3.05) is 36.2 Å². The summed E-state index contributed by atoms with van der Waals surface area (Å²) in [4.78, 5) is 32.3. The number of carbonyl (C=O) groups is 3. The Hall–Kier alpha value is -0.630. The Morgan fingerprint density at radius 1 is 0.725 bits per heavy atom. The standard InChI is InChI=1S/C30H54N2O15S4/c1-16(35)32-22-18(37)13-30(28(44)45,47-26(22)24(41)20(39)15-34)49-9-5-3-7-11-51-50-10-6-2-4-8-48-29(27(42)43)12-17(36)21(31)25(46-29)23(40)19(38)14-33/h17-26,33-34,36-41H,2-15,31H2,1H3,(H,32,35)(H,42,43)(H,44,45)/t17-,18-,19+,20+,21+,22+,23+,24+,25+,26+,29-,30-/m0/s1. The van der Waals surface area contributed by atoms with Gasteiger partial charge in [0.05, 0.1) is 37.5 Å². The lowest BCUT2D eigenvalue weighted by molar-refractivity contribution is -0.205. The molecule has 2 heterocycles. The molecule has 21 heteroatoms. The van der Waals surface area contributed by atoms with Crippen molar-refractivity contribution in [3.05, 3.63) is 0 Å². The Bertz CT molecular complexity index is 1090. The molecule has 0 spiro atoms. The summed E-state index contributed by atoms with van der Waals surface area (Å²) in [5.41, 5.74) is 5.90. The minimum atomic E-state index is -1.93. The average molecular weight is 811 g/mol. The molecule has 2 aliphatic rings. The SMILES string of the molecule is CC(=O)N[C@H]1[C@H]([C@H](O)[C@H](O)CO)O[C@@](SCCCCCSSCCCCCS[C@]2(C(=O)O)C[C@H](O)[C@@H](N)[C@H]([C@H](O)[C@H](O)CO)O2)(C(=O)O)C[C@@H]1O. The molecule has 2 fully saturated rings. The summed E-state index contributed by atoms with van der Waals surface area (Å²) < 4.78 is 11.4. The fraction of sp³-hybridized carbons (Fsp3) is 0.900. The van der Waals surface area contributed by atoms with Crippen LogP contribution in [0.1, 0.15) is 58.3 Å². The Morgan fingerprint density at radius 2 is 1.14 bits per heavy atom. The molecule has 0 aromatic carbocycles. The van der Waals surface area contributed by atoms with Crippen molar-refractivity contribution in [2.45, 2.75) is 129 Å². The number of carboxylic acids is 2. The van der Waals surface area contributed by atoms with Gasteiger partial charge in [-0.15, -0.1) is 23.5 Å². The number of nitrogens with one attached hydrogen (secondary N) is 1. The maximum absolute atomic E-state index is 12.3. The largest absolute Gasteiger partial charge is 0.478 e. The Balaban J connectivity index is 1.68. The zero-order valence-electron chi connectivity index (χ0n) is 28.4. The molecule has 0 aromatic rings. The molecule has 2 rings (SSSR count). The fourth-order valence-corrected chi connectivity index (χ4v) is 10.5. The van der Waals surface area contributed by atoms with Crippen LogP contribution in [0.25, 0.3) is 0 Å². The fourth-order valence-electron chi connectivity index (χ4n) is 5.64. The number of aliphatic carboxylic acids is 2. The molecule has 298 valence electrons. The maximum atomic E-state index is 12.3. The smallest absolute Gasteiger partial charge is 0.346 e. The van der Waals surface area contributed by atoms with Crippen LogP contribution in [0.5, 0.6) is 0 Å². The minimum absolute atomic E-state index is 0.295. The highest BCUT2D eigenvalue weighted by atomic mass is 33.1.